The number of aryl methyl sites for hydroxylation is 2. The number of pyridine rings is 1. The van der Waals surface area contributed by atoms with Crippen LogP contribution in [0.4, 0.5) is 5.95 Å². The van der Waals surface area contributed by atoms with Crippen molar-refractivity contribution in [2.75, 3.05) is 5.32 Å². The molecule has 0 atom stereocenters. The molecular weight excluding hydrogens is 260 g/mol. The number of aromatic nitrogens is 3. The standard InChI is InChI=1S/C17H18N4/c1-13-7-6-10-18-16(13)11-19-17-20-14(2)12-21(17)15-8-4-3-5-9-15/h3-10,12H,11H2,1-2H3,(H,19,20). The maximum atomic E-state index is 4.56. The van der Waals surface area contributed by atoms with E-state index in [2.05, 4.69) is 45.0 Å². The number of anilines is 1. The third-order valence-electron chi connectivity index (χ3n) is 3.39. The summed E-state index contributed by atoms with van der Waals surface area (Å²) < 4.78 is 2.06. The molecule has 0 saturated carbocycles. The minimum atomic E-state index is 0.663. The van der Waals surface area contributed by atoms with Crippen molar-refractivity contribution in [3.05, 3.63) is 71.8 Å². The summed E-state index contributed by atoms with van der Waals surface area (Å²) in [5, 5.41) is 3.38. The molecule has 0 radical (unpaired) electrons. The Morgan fingerprint density at radius 1 is 1.05 bits per heavy atom. The van der Waals surface area contributed by atoms with E-state index in [1.54, 1.807) is 0 Å². The second kappa shape index (κ2) is 5.79. The van der Waals surface area contributed by atoms with Gasteiger partial charge in [-0.25, -0.2) is 4.98 Å². The molecule has 2 heterocycles. The van der Waals surface area contributed by atoms with Crippen LogP contribution in [-0.4, -0.2) is 14.5 Å². The van der Waals surface area contributed by atoms with E-state index in [1.165, 1.54) is 5.56 Å². The van der Waals surface area contributed by atoms with Gasteiger partial charge in [0.2, 0.25) is 5.95 Å². The number of hydrogen-bond acceptors (Lipinski definition) is 3. The molecule has 0 spiro atoms. The maximum Gasteiger partial charge on any atom is 0.208 e. The highest BCUT2D eigenvalue weighted by molar-refractivity contribution is 5.43. The van der Waals surface area contributed by atoms with Crippen LogP contribution in [0.25, 0.3) is 5.69 Å². The van der Waals surface area contributed by atoms with Crippen LogP contribution in [0, 0.1) is 13.8 Å². The minimum absolute atomic E-state index is 0.663. The van der Waals surface area contributed by atoms with E-state index in [0.29, 0.717) is 6.54 Å². The van der Waals surface area contributed by atoms with Crippen molar-refractivity contribution in [2.45, 2.75) is 20.4 Å². The second-order valence-corrected chi connectivity index (χ2v) is 5.03. The molecule has 2 aromatic heterocycles. The molecule has 1 N–H and O–H groups in total. The van der Waals surface area contributed by atoms with Crippen molar-refractivity contribution in [2.24, 2.45) is 0 Å². The van der Waals surface area contributed by atoms with E-state index in [-0.39, 0.29) is 0 Å². The zero-order valence-electron chi connectivity index (χ0n) is 12.2. The molecule has 0 saturated heterocycles. The second-order valence-electron chi connectivity index (χ2n) is 5.03. The molecule has 0 unspecified atom stereocenters. The first-order valence-corrected chi connectivity index (χ1v) is 7.00. The Labute approximate surface area is 124 Å². The number of nitrogens with one attached hydrogen (secondary N) is 1. The minimum Gasteiger partial charge on any atom is -0.350 e. The van der Waals surface area contributed by atoms with Crippen molar-refractivity contribution in [3.8, 4) is 5.69 Å². The monoisotopic (exact) mass is 278 g/mol. The van der Waals surface area contributed by atoms with Gasteiger partial charge in [-0.3, -0.25) is 9.55 Å². The normalized spacial score (nSPS) is 10.6. The van der Waals surface area contributed by atoms with Crippen LogP contribution in [0.1, 0.15) is 17.0 Å². The van der Waals surface area contributed by atoms with Gasteiger partial charge in [-0.1, -0.05) is 24.3 Å². The first-order chi connectivity index (χ1) is 10.2. The average Bonchev–Trinajstić information content (AvgIpc) is 2.88. The molecule has 3 aromatic rings. The predicted molar refractivity (Wildman–Crippen MR) is 84.6 cm³/mol. The number of para-hydroxylation sites is 1. The van der Waals surface area contributed by atoms with Crippen molar-refractivity contribution in [1.29, 1.82) is 0 Å². The predicted octanol–water partition coefficient (Wildman–Crippen LogP) is 3.50. The largest absolute Gasteiger partial charge is 0.350 e. The lowest BCUT2D eigenvalue weighted by molar-refractivity contribution is 0.961. The molecule has 0 amide bonds. The summed E-state index contributed by atoms with van der Waals surface area (Å²) in [6, 6.07) is 14.2. The van der Waals surface area contributed by atoms with Gasteiger partial charge in [0.15, 0.2) is 0 Å². The maximum absolute atomic E-state index is 4.56. The van der Waals surface area contributed by atoms with Crippen molar-refractivity contribution < 1.29 is 0 Å². The van der Waals surface area contributed by atoms with Gasteiger partial charge in [0, 0.05) is 18.1 Å². The number of nitrogens with zero attached hydrogens (tertiary/aromatic N) is 3. The zero-order chi connectivity index (χ0) is 14.7. The van der Waals surface area contributed by atoms with Crippen LogP contribution in [-0.2, 0) is 6.54 Å². The van der Waals surface area contributed by atoms with E-state index in [1.807, 2.05) is 43.6 Å². The van der Waals surface area contributed by atoms with Crippen LogP contribution < -0.4 is 5.32 Å². The van der Waals surface area contributed by atoms with Gasteiger partial charge in [0.1, 0.15) is 0 Å². The van der Waals surface area contributed by atoms with Gasteiger partial charge in [-0.15, -0.1) is 0 Å². The van der Waals surface area contributed by atoms with Gasteiger partial charge in [-0.05, 0) is 37.6 Å². The van der Waals surface area contributed by atoms with Gasteiger partial charge in [0.05, 0.1) is 17.9 Å². The van der Waals surface area contributed by atoms with Crippen molar-refractivity contribution in [1.82, 2.24) is 14.5 Å². The van der Waals surface area contributed by atoms with Crippen LogP contribution in [0.3, 0.4) is 0 Å². The summed E-state index contributed by atoms with van der Waals surface area (Å²) in [5.74, 6) is 0.837. The average molecular weight is 278 g/mol. The quantitative estimate of drug-likeness (QED) is 0.794. The smallest absolute Gasteiger partial charge is 0.208 e. The zero-order valence-corrected chi connectivity index (χ0v) is 12.2. The Balaban J connectivity index is 1.85. The van der Waals surface area contributed by atoms with Crippen LogP contribution in [0.2, 0.25) is 0 Å². The summed E-state index contributed by atoms with van der Waals surface area (Å²) in [5.41, 5.74) is 4.30. The van der Waals surface area contributed by atoms with E-state index < -0.39 is 0 Å². The Hall–Kier alpha value is -2.62. The van der Waals surface area contributed by atoms with Crippen molar-refractivity contribution >= 4 is 5.95 Å². The summed E-state index contributed by atoms with van der Waals surface area (Å²) in [7, 11) is 0. The summed E-state index contributed by atoms with van der Waals surface area (Å²) in [6.07, 6.45) is 3.85. The lowest BCUT2D eigenvalue weighted by atomic mass is 10.2. The van der Waals surface area contributed by atoms with E-state index in [4.69, 9.17) is 0 Å². The molecule has 0 fully saturated rings. The number of benzene rings is 1. The molecule has 0 aliphatic heterocycles. The highest BCUT2D eigenvalue weighted by Gasteiger charge is 2.08. The Bertz CT molecular complexity index is 732. The Morgan fingerprint density at radius 3 is 2.62 bits per heavy atom. The first-order valence-electron chi connectivity index (χ1n) is 7.00. The third-order valence-corrected chi connectivity index (χ3v) is 3.39. The lowest BCUT2D eigenvalue weighted by Gasteiger charge is -2.10. The third kappa shape index (κ3) is 2.94. The number of rotatable bonds is 4. The molecule has 0 bridgehead atoms. The van der Waals surface area contributed by atoms with E-state index in [9.17, 15) is 0 Å². The van der Waals surface area contributed by atoms with E-state index in [0.717, 1.165) is 23.0 Å². The van der Waals surface area contributed by atoms with Crippen molar-refractivity contribution in [3.63, 3.8) is 0 Å². The van der Waals surface area contributed by atoms with Gasteiger partial charge in [0.25, 0.3) is 0 Å². The highest BCUT2D eigenvalue weighted by Crippen LogP contribution is 2.17. The molecule has 0 aliphatic carbocycles. The van der Waals surface area contributed by atoms with Gasteiger partial charge >= 0.3 is 0 Å². The van der Waals surface area contributed by atoms with Crippen LogP contribution in [0.5, 0.6) is 0 Å². The number of hydrogen-bond donors (Lipinski definition) is 1. The fraction of sp³-hybridized carbons (Fsp3) is 0.176. The first kappa shape index (κ1) is 13.4. The molecule has 4 nitrogen and oxygen atoms in total. The summed E-state index contributed by atoms with van der Waals surface area (Å²) >= 11 is 0. The topological polar surface area (TPSA) is 42.7 Å². The van der Waals surface area contributed by atoms with Gasteiger partial charge in [-0.2, -0.15) is 0 Å². The molecule has 1 aromatic carbocycles. The molecule has 21 heavy (non-hydrogen) atoms. The fourth-order valence-corrected chi connectivity index (χ4v) is 2.27. The molecule has 0 aliphatic rings. The van der Waals surface area contributed by atoms with E-state index >= 15 is 0 Å². The fourth-order valence-electron chi connectivity index (χ4n) is 2.27. The SMILES string of the molecule is Cc1cn(-c2ccccc2)c(NCc2ncccc2C)n1. The Kier molecular flexibility index (Phi) is 3.69. The summed E-state index contributed by atoms with van der Waals surface area (Å²) in [4.78, 5) is 8.96. The number of imidazole rings is 1. The van der Waals surface area contributed by atoms with Gasteiger partial charge < -0.3 is 5.32 Å². The molecular formula is C17H18N4. The van der Waals surface area contributed by atoms with Crippen LogP contribution >= 0.6 is 0 Å². The molecule has 106 valence electrons. The van der Waals surface area contributed by atoms with Crippen LogP contribution in [0.15, 0.2) is 54.9 Å². The Morgan fingerprint density at radius 2 is 1.86 bits per heavy atom. The molecule has 3 rings (SSSR count). The lowest BCUT2D eigenvalue weighted by Crippen LogP contribution is -2.08. The summed E-state index contributed by atoms with van der Waals surface area (Å²) in [6.45, 7) is 4.73. The molecule has 4 heteroatoms. The highest BCUT2D eigenvalue weighted by atomic mass is 15.2.